The molecule has 3 rings (SSSR count). The summed E-state index contributed by atoms with van der Waals surface area (Å²) in [5.74, 6) is 0.944. The van der Waals surface area contributed by atoms with Crippen LogP contribution in [0.25, 0.3) is 0 Å². The van der Waals surface area contributed by atoms with Crippen molar-refractivity contribution in [3.63, 3.8) is 0 Å². The molecule has 1 aliphatic rings. The third-order valence-corrected chi connectivity index (χ3v) is 5.30. The molecule has 0 aliphatic heterocycles. The maximum atomic E-state index is 10.7. The molecular weight excluding hydrogens is 322 g/mol. The predicted molar refractivity (Wildman–Crippen MR) is 107 cm³/mol. The molecule has 0 saturated carbocycles. The van der Waals surface area contributed by atoms with E-state index in [0.717, 1.165) is 43.5 Å². The number of phenolic OH excluding ortho intramolecular Hbond substituents is 1. The summed E-state index contributed by atoms with van der Waals surface area (Å²) in [6, 6.07) is 14.8. The van der Waals surface area contributed by atoms with Crippen LogP contribution in [0.1, 0.15) is 49.8 Å². The van der Waals surface area contributed by atoms with Crippen LogP contribution in [0.15, 0.2) is 42.5 Å². The first-order chi connectivity index (χ1) is 12.7. The number of benzene rings is 2. The monoisotopic (exact) mass is 353 g/mol. The Balaban J connectivity index is 1.70. The topological polar surface area (TPSA) is 32.7 Å². The van der Waals surface area contributed by atoms with Gasteiger partial charge in [0.05, 0.1) is 0 Å². The van der Waals surface area contributed by atoms with E-state index in [9.17, 15) is 5.11 Å². The minimum Gasteiger partial charge on any atom is -0.504 e. The minimum atomic E-state index is 0.342. The van der Waals surface area contributed by atoms with Crippen molar-refractivity contribution in [3.05, 3.63) is 59.2 Å². The van der Waals surface area contributed by atoms with Crippen molar-refractivity contribution in [2.45, 2.75) is 58.6 Å². The average Bonchev–Trinajstić information content (AvgIpc) is 2.68. The maximum Gasteiger partial charge on any atom is 0.161 e. The van der Waals surface area contributed by atoms with Crippen LogP contribution >= 0.6 is 0 Å². The molecule has 26 heavy (non-hydrogen) atoms. The molecular formula is C23H31NO2. The van der Waals surface area contributed by atoms with Gasteiger partial charge in [0.25, 0.3) is 0 Å². The largest absolute Gasteiger partial charge is 0.504 e. The molecule has 0 fully saturated rings. The van der Waals surface area contributed by atoms with E-state index in [4.69, 9.17) is 4.74 Å². The first-order valence-electron chi connectivity index (χ1n) is 9.97. The quantitative estimate of drug-likeness (QED) is 0.729. The van der Waals surface area contributed by atoms with Gasteiger partial charge in [-0.1, -0.05) is 50.2 Å². The van der Waals surface area contributed by atoms with Gasteiger partial charge in [-0.05, 0) is 62.4 Å². The molecule has 3 nitrogen and oxygen atoms in total. The summed E-state index contributed by atoms with van der Waals surface area (Å²) in [6.45, 7) is 7.32. The third-order valence-electron chi connectivity index (χ3n) is 5.30. The normalized spacial score (nSPS) is 16.5. The second kappa shape index (κ2) is 9.09. The lowest BCUT2D eigenvalue weighted by Crippen LogP contribution is -2.40. The van der Waals surface area contributed by atoms with Crippen LogP contribution < -0.4 is 4.74 Å². The van der Waals surface area contributed by atoms with Gasteiger partial charge in [-0.3, -0.25) is 0 Å². The second-order valence-electron chi connectivity index (χ2n) is 7.26. The lowest BCUT2D eigenvalue weighted by atomic mass is 9.86. The Bertz CT molecular complexity index is 693. The maximum absolute atomic E-state index is 10.7. The fourth-order valence-electron chi connectivity index (χ4n) is 4.01. The standard InChI is InChI=1S/C23H31NO2/c1-3-14-24(15-4-2)20-11-12-21-19(16-20)10-13-22(23(21)25)26-17-18-8-6-5-7-9-18/h5-10,13,20,25H,3-4,11-12,14-17H2,1-2H3. The Morgan fingerprint density at radius 1 is 1.04 bits per heavy atom. The molecule has 2 aromatic carbocycles. The molecule has 0 aromatic heterocycles. The average molecular weight is 354 g/mol. The molecule has 1 N–H and O–H groups in total. The van der Waals surface area contributed by atoms with Gasteiger partial charge in [0.15, 0.2) is 11.5 Å². The van der Waals surface area contributed by atoms with Crippen molar-refractivity contribution in [2.24, 2.45) is 0 Å². The number of hydrogen-bond acceptors (Lipinski definition) is 3. The molecule has 0 amide bonds. The van der Waals surface area contributed by atoms with Crippen LogP contribution in [0, 0.1) is 0 Å². The van der Waals surface area contributed by atoms with E-state index in [0.29, 0.717) is 24.1 Å². The highest BCUT2D eigenvalue weighted by Crippen LogP contribution is 2.38. The molecule has 0 heterocycles. The van der Waals surface area contributed by atoms with E-state index >= 15 is 0 Å². The van der Waals surface area contributed by atoms with Gasteiger partial charge in [0, 0.05) is 11.6 Å². The predicted octanol–water partition coefficient (Wildman–Crippen LogP) is 4.95. The van der Waals surface area contributed by atoms with Crippen LogP contribution in [0.3, 0.4) is 0 Å². The summed E-state index contributed by atoms with van der Waals surface area (Å²) in [4.78, 5) is 2.62. The Labute approximate surface area is 157 Å². The molecule has 1 atom stereocenters. The Morgan fingerprint density at radius 2 is 1.77 bits per heavy atom. The molecule has 1 aliphatic carbocycles. The third kappa shape index (κ3) is 4.39. The van der Waals surface area contributed by atoms with Crippen LogP contribution in [0.5, 0.6) is 11.5 Å². The number of ether oxygens (including phenoxy) is 1. The summed E-state index contributed by atoms with van der Waals surface area (Å²) < 4.78 is 5.88. The molecule has 0 bridgehead atoms. The van der Waals surface area contributed by atoms with Gasteiger partial charge in [-0.2, -0.15) is 0 Å². The van der Waals surface area contributed by atoms with E-state index in [2.05, 4.69) is 24.8 Å². The SMILES string of the molecule is CCCN(CCC)C1CCc2c(ccc(OCc3ccccc3)c2O)C1. The van der Waals surface area contributed by atoms with E-state index < -0.39 is 0 Å². The van der Waals surface area contributed by atoms with Gasteiger partial charge in [-0.15, -0.1) is 0 Å². The Kier molecular flexibility index (Phi) is 6.56. The van der Waals surface area contributed by atoms with E-state index in [1.54, 1.807) is 0 Å². The van der Waals surface area contributed by atoms with Gasteiger partial charge in [0.1, 0.15) is 6.61 Å². The van der Waals surface area contributed by atoms with Crippen molar-refractivity contribution in [1.29, 1.82) is 0 Å². The number of nitrogens with zero attached hydrogens (tertiary/aromatic N) is 1. The Morgan fingerprint density at radius 3 is 2.46 bits per heavy atom. The molecule has 0 spiro atoms. The summed E-state index contributed by atoms with van der Waals surface area (Å²) in [5.41, 5.74) is 3.47. The van der Waals surface area contributed by atoms with Gasteiger partial charge in [0.2, 0.25) is 0 Å². The highest BCUT2D eigenvalue weighted by molar-refractivity contribution is 5.51. The van der Waals surface area contributed by atoms with Gasteiger partial charge < -0.3 is 14.7 Å². The summed E-state index contributed by atoms with van der Waals surface area (Å²) in [5, 5.41) is 10.7. The van der Waals surface area contributed by atoms with E-state index in [1.165, 1.54) is 18.4 Å². The fraction of sp³-hybridized carbons (Fsp3) is 0.478. The zero-order valence-electron chi connectivity index (χ0n) is 16.1. The van der Waals surface area contributed by atoms with Crippen LogP contribution in [-0.2, 0) is 19.4 Å². The van der Waals surface area contributed by atoms with E-state index in [1.807, 2.05) is 36.4 Å². The van der Waals surface area contributed by atoms with Crippen molar-refractivity contribution in [1.82, 2.24) is 4.90 Å². The van der Waals surface area contributed by atoms with Gasteiger partial charge in [-0.25, -0.2) is 0 Å². The lowest BCUT2D eigenvalue weighted by molar-refractivity contribution is 0.179. The number of phenols is 1. The summed E-state index contributed by atoms with van der Waals surface area (Å²) in [7, 11) is 0. The smallest absolute Gasteiger partial charge is 0.161 e. The molecule has 2 aromatic rings. The zero-order valence-corrected chi connectivity index (χ0v) is 16.1. The summed E-state index contributed by atoms with van der Waals surface area (Å²) in [6.07, 6.45) is 5.46. The molecule has 0 radical (unpaired) electrons. The van der Waals surface area contributed by atoms with Gasteiger partial charge >= 0.3 is 0 Å². The van der Waals surface area contributed by atoms with Crippen LogP contribution in [-0.4, -0.2) is 29.1 Å². The van der Waals surface area contributed by atoms with Crippen molar-refractivity contribution in [2.75, 3.05) is 13.1 Å². The molecule has 0 saturated heterocycles. The highest BCUT2D eigenvalue weighted by Gasteiger charge is 2.26. The second-order valence-corrected chi connectivity index (χ2v) is 7.26. The number of rotatable bonds is 8. The first kappa shape index (κ1) is 18.8. The highest BCUT2D eigenvalue weighted by atomic mass is 16.5. The van der Waals surface area contributed by atoms with Crippen LogP contribution in [0.2, 0.25) is 0 Å². The molecule has 140 valence electrons. The fourth-order valence-corrected chi connectivity index (χ4v) is 4.01. The number of fused-ring (bicyclic) bond motifs is 1. The van der Waals surface area contributed by atoms with Crippen molar-refractivity contribution >= 4 is 0 Å². The van der Waals surface area contributed by atoms with Crippen molar-refractivity contribution in [3.8, 4) is 11.5 Å². The first-order valence-corrected chi connectivity index (χ1v) is 9.97. The zero-order chi connectivity index (χ0) is 18.4. The minimum absolute atomic E-state index is 0.342. The number of hydrogen-bond donors (Lipinski definition) is 1. The number of aromatic hydroxyl groups is 1. The van der Waals surface area contributed by atoms with Crippen molar-refractivity contribution < 1.29 is 9.84 Å². The van der Waals surface area contributed by atoms with Crippen LogP contribution in [0.4, 0.5) is 0 Å². The Hall–Kier alpha value is -2.00. The summed E-state index contributed by atoms with van der Waals surface area (Å²) >= 11 is 0. The van der Waals surface area contributed by atoms with E-state index in [-0.39, 0.29) is 0 Å². The molecule has 1 unspecified atom stereocenters. The lowest BCUT2D eigenvalue weighted by Gasteiger charge is -2.35. The molecule has 3 heteroatoms.